The molecule has 0 aliphatic heterocycles. The zero-order valence-corrected chi connectivity index (χ0v) is 7.94. The first-order chi connectivity index (χ1) is 6.27. The molecule has 0 saturated carbocycles. The Morgan fingerprint density at radius 3 is 3.07 bits per heavy atom. The fourth-order valence-electron chi connectivity index (χ4n) is 1.15. The average Bonchev–Trinajstić information content (AvgIpc) is 2.48. The molecule has 2 heterocycles. The zero-order chi connectivity index (χ0) is 9.26. The molecule has 1 N–H and O–H groups in total. The number of hydrogen-bond donors (Lipinski definition) is 1. The number of fused-ring (bicyclic) bond motifs is 1. The maximum atomic E-state index is 10.4. The quantitative estimate of drug-likeness (QED) is 0.801. The Hall–Kier alpha value is -1.62. The molecule has 5 nitrogen and oxygen atoms in total. The highest BCUT2D eigenvalue weighted by molar-refractivity contribution is 5.85. The van der Waals surface area contributed by atoms with Crippen molar-refractivity contribution < 1.29 is 9.90 Å². The molecule has 6 heteroatoms. The summed E-state index contributed by atoms with van der Waals surface area (Å²) in [5, 5.41) is 12.6. The maximum Gasteiger partial charge on any atom is 0.309 e. The Kier molecular flexibility index (Phi) is 3.03. The van der Waals surface area contributed by atoms with Crippen LogP contribution in [-0.2, 0) is 11.2 Å². The van der Waals surface area contributed by atoms with Gasteiger partial charge in [-0.05, 0) is 12.1 Å². The summed E-state index contributed by atoms with van der Waals surface area (Å²) in [6.07, 6.45) is 3.06. The SMILES string of the molecule is Cl.O=C(O)Cc1cnc2cccnn12. The molecule has 0 spiro atoms. The number of nitrogens with zero attached hydrogens (tertiary/aromatic N) is 3. The van der Waals surface area contributed by atoms with Gasteiger partial charge in [0.1, 0.15) is 0 Å². The van der Waals surface area contributed by atoms with Gasteiger partial charge in [0.25, 0.3) is 0 Å². The van der Waals surface area contributed by atoms with E-state index in [0.717, 1.165) is 0 Å². The summed E-state index contributed by atoms with van der Waals surface area (Å²) < 4.78 is 1.52. The lowest BCUT2D eigenvalue weighted by Gasteiger charge is -1.94. The molecule has 0 radical (unpaired) electrons. The molecule has 0 saturated heterocycles. The molecule has 0 aromatic carbocycles. The first-order valence-electron chi connectivity index (χ1n) is 3.77. The van der Waals surface area contributed by atoms with Crippen LogP contribution in [0.3, 0.4) is 0 Å². The molecular formula is C8H8ClN3O2. The number of rotatable bonds is 2. The van der Waals surface area contributed by atoms with Crippen LogP contribution >= 0.6 is 12.4 Å². The average molecular weight is 214 g/mol. The molecule has 2 aromatic heterocycles. The van der Waals surface area contributed by atoms with Gasteiger partial charge in [-0.15, -0.1) is 12.4 Å². The van der Waals surface area contributed by atoms with E-state index >= 15 is 0 Å². The standard InChI is InChI=1S/C8H7N3O2.ClH/c12-8(13)4-6-5-9-7-2-1-3-10-11(6)7;/h1-3,5H,4H2,(H,12,13);1H. The Bertz CT molecular complexity index is 455. The van der Waals surface area contributed by atoms with Crippen LogP contribution in [0, 0.1) is 0 Å². The van der Waals surface area contributed by atoms with Gasteiger partial charge in [0.05, 0.1) is 18.3 Å². The Balaban J connectivity index is 0.000000980. The fourth-order valence-corrected chi connectivity index (χ4v) is 1.15. The first-order valence-corrected chi connectivity index (χ1v) is 3.77. The van der Waals surface area contributed by atoms with Crippen LogP contribution in [0.15, 0.2) is 24.5 Å². The lowest BCUT2D eigenvalue weighted by atomic mass is 10.3. The van der Waals surface area contributed by atoms with E-state index in [1.165, 1.54) is 10.7 Å². The highest BCUT2D eigenvalue weighted by atomic mass is 35.5. The number of imidazole rings is 1. The largest absolute Gasteiger partial charge is 0.481 e. The van der Waals surface area contributed by atoms with Gasteiger partial charge in [0, 0.05) is 6.20 Å². The van der Waals surface area contributed by atoms with Crippen LogP contribution in [0.5, 0.6) is 0 Å². The van der Waals surface area contributed by atoms with Crippen LogP contribution in [0.25, 0.3) is 5.65 Å². The molecule has 0 bridgehead atoms. The molecule has 0 atom stereocenters. The number of carboxylic acids is 1. The maximum absolute atomic E-state index is 10.4. The molecule has 0 aliphatic rings. The molecule has 14 heavy (non-hydrogen) atoms. The van der Waals surface area contributed by atoms with E-state index in [-0.39, 0.29) is 18.8 Å². The van der Waals surface area contributed by atoms with Gasteiger partial charge in [-0.1, -0.05) is 0 Å². The summed E-state index contributed by atoms with van der Waals surface area (Å²) in [5.41, 5.74) is 1.25. The highest BCUT2D eigenvalue weighted by Gasteiger charge is 2.06. The van der Waals surface area contributed by atoms with Crippen molar-refractivity contribution in [1.29, 1.82) is 0 Å². The van der Waals surface area contributed by atoms with Gasteiger partial charge in [-0.3, -0.25) is 4.79 Å². The first kappa shape index (κ1) is 10.5. The van der Waals surface area contributed by atoms with E-state index in [4.69, 9.17) is 5.11 Å². The number of carbonyl (C=O) groups is 1. The predicted octanol–water partition coefficient (Wildman–Crippen LogP) is 0.778. The number of aliphatic carboxylic acids is 1. The minimum Gasteiger partial charge on any atom is -0.481 e. The second kappa shape index (κ2) is 4.06. The van der Waals surface area contributed by atoms with E-state index in [9.17, 15) is 4.79 Å². The number of carboxylic acid groups (broad SMARTS) is 1. The van der Waals surface area contributed by atoms with Crippen molar-refractivity contribution in [2.24, 2.45) is 0 Å². The van der Waals surface area contributed by atoms with E-state index < -0.39 is 5.97 Å². The Labute approximate surface area is 85.8 Å². The summed E-state index contributed by atoms with van der Waals surface area (Å²) in [5.74, 6) is -0.882. The van der Waals surface area contributed by atoms with Gasteiger partial charge in [0.2, 0.25) is 0 Å². The summed E-state index contributed by atoms with van der Waals surface area (Å²) in [6.45, 7) is 0. The number of halogens is 1. The van der Waals surface area contributed by atoms with Gasteiger partial charge in [0.15, 0.2) is 5.65 Å². The topological polar surface area (TPSA) is 67.5 Å². The third-order valence-electron chi connectivity index (χ3n) is 1.68. The molecule has 0 amide bonds. The van der Waals surface area contributed by atoms with E-state index in [1.54, 1.807) is 18.3 Å². The van der Waals surface area contributed by atoms with Crippen LogP contribution in [0.2, 0.25) is 0 Å². The Morgan fingerprint density at radius 2 is 2.36 bits per heavy atom. The van der Waals surface area contributed by atoms with Crippen molar-refractivity contribution in [3.63, 3.8) is 0 Å². The minimum absolute atomic E-state index is 0. The predicted molar refractivity (Wildman–Crippen MR) is 51.6 cm³/mol. The summed E-state index contributed by atoms with van der Waals surface area (Å²) in [4.78, 5) is 14.5. The molecule has 2 rings (SSSR count). The van der Waals surface area contributed by atoms with Crippen LogP contribution in [0.1, 0.15) is 5.69 Å². The van der Waals surface area contributed by atoms with Crippen molar-refractivity contribution in [3.8, 4) is 0 Å². The number of aromatic nitrogens is 3. The van der Waals surface area contributed by atoms with Crippen molar-refractivity contribution in [1.82, 2.24) is 14.6 Å². The third-order valence-corrected chi connectivity index (χ3v) is 1.68. The molecule has 0 aliphatic carbocycles. The van der Waals surface area contributed by atoms with E-state index in [0.29, 0.717) is 11.3 Å². The second-order valence-corrected chi connectivity index (χ2v) is 2.61. The second-order valence-electron chi connectivity index (χ2n) is 2.61. The number of hydrogen-bond acceptors (Lipinski definition) is 3. The van der Waals surface area contributed by atoms with Crippen molar-refractivity contribution in [2.75, 3.05) is 0 Å². The van der Waals surface area contributed by atoms with Crippen LogP contribution < -0.4 is 0 Å². The summed E-state index contributed by atoms with van der Waals surface area (Å²) in [6, 6.07) is 3.53. The Morgan fingerprint density at radius 1 is 1.57 bits per heavy atom. The summed E-state index contributed by atoms with van der Waals surface area (Å²) in [7, 11) is 0. The van der Waals surface area contributed by atoms with Crippen molar-refractivity contribution in [2.45, 2.75) is 6.42 Å². The smallest absolute Gasteiger partial charge is 0.309 e. The molecule has 74 valence electrons. The van der Waals surface area contributed by atoms with E-state index in [2.05, 4.69) is 10.1 Å². The zero-order valence-electron chi connectivity index (χ0n) is 7.12. The van der Waals surface area contributed by atoms with E-state index in [1.807, 2.05) is 0 Å². The van der Waals surface area contributed by atoms with Crippen molar-refractivity contribution >= 4 is 24.0 Å². The normalized spacial score (nSPS) is 9.71. The molecule has 0 unspecified atom stereocenters. The highest BCUT2D eigenvalue weighted by Crippen LogP contribution is 2.03. The molecule has 0 fully saturated rings. The van der Waals surface area contributed by atoms with Gasteiger partial charge in [-0.2, -0.15) is 5.10 Å². The van der Waals surface area contributed by atoms with Gasteiger partial charge in [-0.25, -0.2) is 9.50 Å². The third kappa shape index (κ3) is 1.82. The monoisotopic (exact) mass is 213 g/mol. The lowest BCUT2D eigenvalue weighted by Crippen LogP contribution is -2.04. The van der Waals surface area contributed by atoms with Crippen molar-refractivity contribution in [3.05, 3.63) is 30.2 Å². The fraction of sp³-hybridized carbons (Fsp3) is 0.125. The summed E-state index contributed by atoms with van der Waals surface area (Å²) >= 11 is 0. The van der Waals surface area contributed by atoms with Crippen LogP contribution in [0.4, 0.5) is 0 Å². The minimum atomic E-state index is -0.882. The van der Waals surface area contributed by atoms with Gasteiger partial charge >= 0.3 is 5.97 Å². The molecular weight excluding hydrogens is 206 g/mol. The molecule has 2 aromatic rings. The van der Waals surface area contributed by atoms with Gasteiger partial charge < -0.3 is 5.11 Å². The lowest BCUT2D eigenvalue weighted by molar-refractivity contribution is -0.136. The van der Waals surface area contributed by atoms with Crippen LogP contribution in [-0.4, -0.2) is 25.7 Å².